The van der Waals surface area contributed by atoms with Crippen molar-refractivity contribution in [2.75, 3.05) is 26.8 Å². The van der Waals surface area contributed by atoms with E-state index in [1.165, 1.54) is 0 Å². The average Bonchev–Trinajstić information content (AvgIpc) is 2.41. The van der Waals surface area contributed by atoms with Gasteiger partial charge in [0.25, 0.3) is 5.91 Å². The van der Waals surface area contributed by atoms with Crippen LogP contribution >= 0.6 is 28.6 Å². The number of halogens is 1. The molecule has 0 atom stereocenters. The molecule has 1 aromatic carbocycles. The van der Waals surface area contributed by atoms with Gasteiger partial charge in [-0.2, -0.15) is 0 Å². The van der Waals surface area contributed by atoms with Gasteiger partial charge in [0.1, 0.15) is 0 Å². The summed E-state index contributed by atoms with van der Waals surface area (Å²) in [5.41, 5.74) is -0.302. The maximum atomic E-state index is 12.5. The number of hydrogen-bond acceptors (Lipinski definition) is 4. The van der Waals surface area contributed by atoms with Crippen LogP contribution in [0, 0.1) is 0 Å². The quantitative estimate of drug-likeness (QED) is 0.814. The molecule has 1 aliphatic rings. The maximum absolute atomic E-state index is 12.5. The van der Waals surface area contributed by atoms with Gasteiger partial charge in [-0.3, -0.25) is 4.79 Å². The van der Waals surface area contributed by atoms with Crippen LogP contribution in [0.3, 0.4) is 0 Å². The summed E-state index contributed by atoms with van der Waals surface area (Å²) in [4.78, 5) is 14.7. The van der Waals surface area contributed by atoms with E-state index in [9.17, 15) is 9.90 Å². The lowest BCUT2D eigenvalue weighted by Crippen LogP contribution is -2.47. The molecule has 4 nitrogen and oxygen atoms in total. The molecule has 0 aliphatic carbocycles. The minimum atomic E-state index is -0.853. The molecular formula is C14H18BrNO3S. The molecule has 1 saturated heterocycles. The van der Waals surface area contributed by atoms with Crippen LogP contribution in [-0.4, -0.2) is 48.3 Å². The summed E-state index contributed by atoms with van der Waals surface area (Å²) in [7, 11) is 1.70. The van der Waals surface area contributed by atoms with Gasteiger partial charge in [-0.25, -0.2) is 0 Å². The number of ether oxygens (including phenoxy) is 1. The van der Waals surface area contributed by atoms with E-state index in [2.05, 4.69) is 28.6 Å². The number of aliphatic hydroxyl groups is 1. The van der Waals surface area contributed by atoms with Crippen LogP contribution in [0.4, 0.5) is 0 Å². The van der Waals surface area contributed by atoms with Crippen LogP contribution in [-0.2, 0) is 4.74 Å². The van der Waals surface area contributed by atoms with Gasteiger partial charge in [0.15, 0.2) is 0 Å². The average molecular weight is 360 g/mol. The van der Waals surface area contributed by atoms with Gasteiger partial charge in [-0.15, -0.1) is 12.6 Å². The highest BCUT2D eigenvalue weighted by Gasteiger charge is 2.32. The highest BCUT2D eigenvalue weighted by Crippen LogP contribution is 2.25. The fraction of sp³-hybridized carbons (Fsp3) is 0.500. The van der Waals surface area contributed by atoms with E-state index in [-0.39, 0.29) is 5.91 Å². The highest BCUT2D eigenvalue weighted by molar-refractivity contribution is 9.10. The van der Waals surface area contributed by atoms with Crippen LogP contribution in [0.15, 0.2) is 27.6 Å². The SMILES string of the molecule is CN(CC1(O)CCOCC1)C(=O)c1cc(S)ccc1Br. The molecule has 1 aliphatic heterocycles. The Morgan fingerprint density at radius 1 is 1.50 bits per heavy atom. The number of thiol groups is 1. The van der Waals surface area contributed by atoms with Gasteiger partial charge >= 0.3 is 0 Å². The number of carbonyl (C=O) groups is 1. The van der Waals surface area contributed by atoms with Gasteiger partial charge in [0, 0.05) is 49.0 Å². The zero-order chi connectivity index (χ0) is 14.8. The molecule has 0 spiro atoms. The van der Waals surface area contributed by atoms with Crippen molar-refractivity contribution in [3.8, 4) is 0 Å². The Bertz CT molecular complexity index is 503. The molecule has 0 bridgehead atoms. The second kappa shape index (κ2) is 6.47. The summed E-state index contributed by atoms with van der Waals surface area (Å²) in [6.45, 7) is 1.38. The summed E-state index contributed by atoms with van der Waals surface area (Å²) in [6.07, 6.45) is 1.11. The van der Waals surface area contributed by atoms with E-state index in [1.54, 1.807) is 24.1 Å². The van der Waals surface area contributed by atoms with Crippen LogP contribution in [0.5, 0.6) is 0 Å². The third kappa shape index (κ3) is 3.75. The standard InChI is InChI=1S/C14H18BrNO3S/c1-16(9-14(18)4-6-19-7-5-14)13(17)11-8-10(20)2-3-12(11)15/h2-3,8,18,20H,4-7,9H2,1H3. The Balaban J connectivity index is 2.10. The topological polar surface area (TPSA) is 49.8 Å². The molecular weight excluding hydrogens is 342 g/mol. The molecule has 110 valence electrons. The summed E-state index contributed by atoms with van der Waals surface area (Å²) in [5, 5.41) is 10.5. The van der Waals surface area contributed by atoms with Crippen molar-refractivity contribution in [1.82, 2.24) is 4.90 Å². The van der Waals surface area contributed by atoms with Gasteiger partial charge in [-0.1, -0.05) is 0 Å². The first-order chi connectivity index (χ1) is 9.41. The van der Waals surface area contributed by atoms with Crippen molar-refractivity contribution in [1.29, 1.82) is 0 Å². The molecule has 1 N–H and O–H groups in total. The zero-order valence-electron chi connectivity index (χ0n) is 11.3. The van der Waals surface area contributed by atoms with Gasteiger partial charge in [-0.05, 0) is 34.1 Å². The Morgan fingerprint density at radius 3 is 2.80 bits per heavy atom. The molecule has 0 saturated carbocycles. The third-order valence-electron chi connectivity index (χ3n) is 3.48. The van der Waals surface area contributed by atoms with E-state index in [0.717, 1.165) is 9.37 Å². The summed E-state index contributed by atoms with van der Waals surface area (Å²) < 4.78 is 5.97. The van der Waals surface area contributed by atoms with E-state index >= 15 is 0 Å². The van der Waals surface area contributed by atoms with Crippen molar-refractivity contribution in [2.24, 2.45) is 0 Å². The van der Waals surface area contributed by atoms with Crippen LogP contribution < -0.4 is 0 Å². The van der Waals surface area contributed by atoms with E-state index in [1.807, 2.05) is 6.07 Å². The van der Waals surface area contributed by atoms with Crippen molar-refractivity contribution >= 4 is 34.5 Å². The van der Waals surface area contributed by atoms with Crippen LogP contribution in [0.2, 0.25) is 0 Å². The molecule has 1 heterocycles. The molecule has 1 amide bonds. The Labute approximate surface area is 132 Å². The molecule has 0 radical (unpaired) electrons. The molecule has 2 rings (SSSR count). The monoisotopic (exact) mass is 359 g/mol. The van der Waals surface area contributed by atoms with Crippen LogP contribution in [0.25, 0.3) is 0 Å². The van der Waals surface area contributed by atoms with Crippen LogP contribution in [0.1, 0.15) is 23.2 Å². The maximum Gasteiger partial charge on any atom is 0.254 e. The van der Waals surface area contributed by atoms with Gasteiger partial charge in [0.05, 0.1) is 11.2 Å². The first-order valence-corrected chi connectivity index (χ1v) is 7.69. The number of rotatable bonds is 3. The molecule has 1 aromatic rings. The summed E-state index contributed by atoms with van der Waals surface area (Å²) in [6, 6.07) is 5.34. The van der Waals surface area contributed by atoms with E-state index in [0.29, 0.717) is 38.2 Å². The second-order valence-corrected chi connectivity index (χ2v) is 6.53. The minimum absolute atomic E-state index is 0.132. The van der Waals surface area contributed by atoms with Crippen molar-refractivity contribution < 1.29 is 14.6 Å². The smallest absolute Gasteiger partial charge is 0.254 e. The van der Waals surface area contributed by atoms with E-state index < -0.39 is 5.60 Å². The lowest BCUT2D eigenvalue weighted by molar-refractivity contribution is -0.0734. The molecule has 1 fully saturated rings. The van der Waals surface area contributed by atoms with Gasteiger partial charge in [0.2, 0.25) is 0 Å². The fourth-order valence-electron chi connectivity index (χ4n) is 2.31. The fourth-order valence-corrected chi connectivity index (χ4v) is 2.93. The first kappa shape index (κ1) is 15.8. The number of hydrogen-bond donors (Lipinski definition) is 2. The predicted molar refractivity (Wildman–Crippen MR) is 83.4 cm³/mol. The predicted octanol–water partition coefficient (Wildman–Crippen LogP) is 2.35. The Kier molecular flexibility index (Phi) is 5.12. The normalized spacial score (nSPS) is 17.8. The minimum Gasteiger partial charge on any atom is -0.388 e. The Morgan fingerprint density at radius 2 is 2.15 bits per heavy atom. The number of benzene rings is 1. The lowest BCUT2D eigenvalue weighted by Gasteiger charge is -2.35. The third-order valence-corrected chi connectivity index (χ3v) is 4.45. The highest BCUT2D eigenvalue weighted by atomic mass is 79.9. The number of likely N-dealkylation sites (N-methyl/N-ethyl adjacent to an activating group) is 1. The lowest BCUT2D eigenvalue weighted by atomic mass is 9.93. The summed E-state index contributed by atoms with van der Waals surface area (Å²) in [5.74, 6) is -0.132. The van der Waals surface area contributed by atoms with E-state index in [4.69, 9.17) is 4.74 Å². The van der Waals surface area contributed by atoms with Crippen molar-refractivity contribution in [3.63, 3.8) is 0 Å². The number of amides is 1. The zero-order valence-corrected chi connectivity index (χ0v) is 13.8. The van der Waals surface area contributed by atoms with Crippen molar-refractivity contribution in [3.05, 3.63) is 28.2 Å². The first-order valence-electron chi connectivity index (χ1n) is 6.45. The molecule has 0 aromatic heterocycles. The second-order valence-electron chi connectivity index (χ2n) is 5.16. The number of nitrogens with zero attached hydrogens (tertiary/aromatic N) is 1. The van der Waals surface area contributed by atoms with Crippen molar-refractivity contribution in [2.45, 2.75) is 23.3 Å². The molecule has 6 heteroatoms. The largest absolute Gasteiger partial charge is 0.388 e. The molecule has 20 heavy (non-hydrogen) atoms. The molecule has 0 unspecified atom stereocenters. The Hall–Kier alpha value is -0.560. The number of carbonyl (C=O) groups excluding carboxylic acids is 1. The van der Waals surface area contributed by atoms with Gasteiger partial charge < -0.3 is 14.7 Å². The summed E-state index contributed by atoms with van der Waals surface area (Å²) >= 11 is 7.63.